The van der Waals surface area contributed by atoms with Gasteiger partial charge in [-0.25, -0.2) is 4.68 Å². The monoisotopic (exact) mass is 285 g/mol. The molecule has 0 aliphatic carbocycles. The van der Waals surface area contributed by atoms with Crippen LogP contribution in [0.5, 0.6) is 0 Å². The Morgan fingerprint density at radius 1 is 1.15 bits per heavy atom. The zero-order chi connectivity index (χ0) is 14.3. The maximum absolute atomic E-state index is 5.97. The highest BCUT2D eigenvalue weighted by Crippen LogP contribution is 2.25. The normalized spacial score (nSPS) is 11.2. The van der Waals surface area contributed by atoms with Crippen molar-refractivity contribution in [1.29, 1.82) is 0 Å². The van der Waals surface area contributed by atoms with E-state index in [1.54, 1.807) is 0 Å². The summed E-state index contributed by atoms with van der Waals surface area (Å²) in [5.41, 5.74) is 6.28. The van der Waals surface area contributed by atoms with Crippen LogP contribution < -0.4 is 0 Å². The first-order valence-electron chi connectivity index (χ1n) is 6.59. The van der Waals surface area contributed by atoms with Gasteiger partial charge in [0.2, 0.25) is 0 Å². The molecule has 0 bridgehead atoms. The lowest BCUT2D eigenvalue weighted by molar-refractivity contribution is 0.836. The molecule has 0 radical (unpaired) electrons. The highest BCUT2D eigenvalue weighted by molar-refractivity contribution is 6.17. The molecule has 3 rings (SSSR count). The van der Waals surface area contributed by atoms with E-state index in [-0.39, 0.29) is 0 Å². The van der Waals surface area contributed by atoms with Gasteiger partial charge in [-0.15, -0.1) is 11.6 Å². The van der Waals surface area contributed by atoms with Crippen molar-refractivity contribution < 1.29 is 0 Å². The van der Waals surface area contributed by atoms with Crippen molar-refractivity contribution in [3.8, 4) is 5.69 Å². The molecule has 0 atom stereocenters. The first-order valence-corrected chi connectivity index (χ1v) is 7.13. The fraction of sp³-hybridized carbons (Fsp3) is 0.250. The molecule has 3 nitrogen and oxygen atoms in total. The minimum atomic E-state index is 0.399. The number of alkyl halides is 1. The predicted molar refractivity (Wildman–Crippen MR) is 82.6 cm³/mol. The minimum Gasteiger partial charge on any atom is -0.251 e. The van der Waals surface area contributed by atoms with Gasteiger partial charge < -0.3 is 0 Å². The summed E-state index contributed by atoms with van der Waals surface area (Å²) in [6.07, 6.45) is 0. The average Bonchev–Trinajstić information content (AvgIpc) is 2.73. The molecule has 20 heavy (non-hydrogen) atoms. The summed E-state index contributed by atoms with van der Waals surface area (Å²) < 4.78 is 1.99. The van der Waals surface area contributed by atoms with Gasteiger partial charge in [-0.05, 0) is 38.5 Å². The number of hydrogen-bond acceptors (Lipinski definition) is 2. The lowest BCUT2D eigenvalue weighted by Gasteiger charge is -2.10. The van der Waals surface area contributed by atoms with E-state index in [2.05, 4.69) is 30.0 Å². The van der Waals surface area contributed by atoms with Gasteiger partial charge in [0.05, 0.1) is 28.5 Å². The van der Waals surface area contributed by atoms with Crippen molar-refractivity contribution in [3.63, 3.8) is 0 Å². The molecule has 2 heterocycles. The van der Waals surface area contributed by atoms with Crippen molar-refractivity contribution >= 4 is 22.5 Å². The Kier molecular flexibility index (Phi) is 3.22. The third-order valence-electron chi connectivity index (χ3n) is 3.77. The number of nitrogens with zero attached hydrogens (tertiary/aromatic N) is 3. The zero-order valence-corrected chi connectivity index (χ0v) is 12.6. The Balaban J connectivity index is 2.37. The van der Waals surface area contributed by atoms with E-state index in [4.69, 9.17) is 11.6 Å². The molecule has 0 aliphatic rings. The number of rotatable bonds is 2. The summed E-state index contributed by atoms with van der Waals surface area (Å²) >= 11 is 5.97. The smallest absolute Gasteiger partial charge is 0.0761 e. The Bertz CT molecular complexity index is 790. The molecular weight excluding hydrogens is 270 g/mol. The third kappa shape index (κ3) is 1.98. The Morgan fingerprint density at radius 2 is 1.90 bits per heavy atom. The number of pyridine rings is 1. The molecule has 0 amide bonds. The number of hydrogen-bond donors (Lipinski definition) is 0. The van der Waals surface area contributed by atoms with Crippen LogP contribution in [0.25, 0.3) is 16.6 Å². The highest BCUT2D eigenvalue weighted by Gasteiger charge is 2.13. The minimum absolute atomic E-state index is 0.399. The number of aryl methyl sites for hydroxylation is 1. The molecule has 1 aromatic carbocycles. The molecule has 0 N–H and O–H groups in total. The van der Waals surface area contributed by atoms with Gasteiger partial charge in [-0.2, -0.15) is 5.10 Å². The molecule has 0 spiro atoms. The molecule has 0 aliphatic heterocycles. The van der Waals surface area contributed by atoms with Gasteiger partial charge in [0, 0.05) is 11.1 Å². The van der Waals surface area contributed by atoms with Crippen molar-refractivity contribution in [2.24, 2.45) is 0 Å². The first kappa shape index (κ1) is 13.1. The molecule has 3 aromatic rings. The topological polar surface area (TPSA) is 30.7 Å². The van der Waals surface area contributed by atoms with Crippen molar-refractivity contribution in [2.45, 2.75) is 26.7 Å². The second-order valence-electron chi connectivity index (χ2n) is 4.99. The summed E-state index contributed by atoms with van der Waals surface area (Å²) in [5.74, 6) is 0.399. The van der Waals surface area contributed by atoms with Crippen LogP contribution >= 0.6 is 11.6 Å². The fourth-order valence-electron chi connectivity index (χ4n) is 2.41. The van der Waals surface area contributed by atoms with Crippen LogP contribution in [0.1, 0.15) is 22.6 Å². The maximum atomic E-state index is 5.97. The van der Waals surface area contributed by atoms with Crippen molar-refractivity contribution in [2.75, 3.05) is 0 Å². The third-order valence-corrected chi connectivity index (χ3v) is 4.04. The summed E-state index contributed by atoms with van der Waals surface area (Å²) in [5, 5.41) is 5.74. The van der Waals surface area contributed by atoms with E-state index in [1.807, 2.05) is 35.9 Å². The van der Waals surface area contributed by atoms with Crippen LogP contribution in [0.15, 0.2) is 30.3 Å². The number of fused-ring (bicyclic) bond motifs is 1. The van der Waals surface area contributed by atoms with Gasteiger partial charge in [-0.3, -0.25) is 4.98 Å². The average molecular weight is 286 g/mol. The van der Waals surface area contributed by atoms with Crippen LogP contribution in [0, 0.1) is 20.8 Å². The standard InChI is InChI=1S/C16H16ClN3/c1-10-11(2)19-20(12(10)3)16-8-13(9-17)18-15-7-5-4-6-14(15)16/h4-8H,9H2,1-3H3. The number of para-hydroxylation sites is 1. The number of benzene rings is 1. The second kappa shape index (κ2) is 4.91. The first-order chi connectivity index (χ1) is 9.61. The Morgan fingerprint density at radius 3 is 2.55 bits per heavy atom. The molecule has 2 aromatic heterocycles. The Labute approximate surface area is 123 Å². The summed E-state index contributed by atoms with van der Waals surface area (Å²) in [7, 11) is 0. The van der Waals surface area contributed by atoms with Gasteiger partial charge in [0.15, 0.2) is 0 Å². The fourth-order valence-corrected chi connectivity index (χ4v) is 2.55. The lowest BCUT2D eigenvalue weighted by atomic mass is 10.1. The molecule has 102 valence electrons. The quantitative estimate of drug-likeness (QED) is 0.664. The van der Waals surface area contributed by atoms with E-state index in [1.165, 1.54) is 5.56 Å². The number of aromatic nitrogens is 3. The van der Waals surface area contributed by atoms with Crippen LogP contribution in [0.3, 0.4) is 0 Å². The molecule has 0 saturated carbocycles. The van der Waals surface area contributed by atoms with Crippen LogP contribution in [-0.4, -0.2) is 14.8 Å². The van der Waals surface area contributed by atoms with E-state index >= 15 is 0 Å². The number of halogens is 1. The SMILES string of the molecule is Cc1nn(-c2cc(CCl)nc3ccccc23)c(C)c1C. The van der Waals surface area contributed by atoms with E-state index in [0.29, 0.717) is 5.88 Å². The lowest BCUT2D eigenvalue weighted by Crippen LogP contribution is -2.02. The maximum Gasteiger partial charge on any atom is 0.0761 e. The second-order valence-corrected chi connectivity index (χ2v) is 5.26. The van der Waals surface area contributed by atoms with Crippen molar-refractivity contribution in [1.82, 2.24) is 14.8 Å². The molecule has 0 unspecified atom stereocenters. The summed E-state index contributed by atoms with van der Waals surface area (Å²) in [4.78, 5) is 4.57. The van der Waals surface area contributed by atoms with Gasteiger partial charge in [0.1, 0.15) is 0 Å². The van der Waals surface area contributed by atoms with Crippen LogP contribution in [0.4, 0.5) is 0 Å². The highest BCUT2D eigenvalue weighted by atomic mass is 35.5. The van der Waals surface area contributed by atoms with Crippen LogP contribution in [0.2, 0.25) is 0 Å². The molecule has 0 fully saturated rings. The van der Waals surface area contributed by atoms with E-state index in [0.717, 1.165) is 33.7 Å². The summed E-state index contributed by atoms with van der Waals surface area (Å²) in [6.45, 7) is 6.22. The van der Waals surface area contributed by atoms with Crippen LogP contribution in [-0.2, 0) is 5.88 Å². The van der Waals surface area contributed by atoms with E-state index in [9.17, 15) is 0 Å². The largest absolute Gasteiger partial charge is 0.251 e. The van der Waals surface area contributed by atoms with Crippen molar-refractivity contribution in [3.05, 3.63) is 53.0 Å². The zero-order valence-electron chi connectivity index (χ0n) is 11.8. The molecule has 0 saturated heterocycles. The molecular formula is C16H16ClN3. The van der Waals surface area contributed by atoms with Gasteiger partial charge in [0.25, 0.3) is 0 Å². The Hall–Kier alpha value is -1.87. The van der Waals surface area contributed by atoms with Gasteiger partial charge >= 0.3 is 0 Å². The molecule has 4 heteroatoms. The predicted octanol–water partition coefficient (Wildman–Crippen LogP) is 4.08. The van der Waals surface area contributed by atoms with E-state index < -0.39 is 0 Å². The van der Waals surface area contributed by atoms with Gasteiger partial charge in [-0.1, -0.05) is 18.2 Å². The summed E-state index contributed by atoms with van der Waals surface area (Å²) in [6, 6.07) is 10.1.